The summed E-state index contributed by atoms with van der Waals surface area (Å²) in [5, 5.41) is 2.09. The van der Waals surface area contributed by atoms with Crippen LogP contribution in [0, 0.1) is 13.8 Å². The zero-order valence-corrected chi connectivity index (χ0v) is 23.0. The Morgan fingerprint density at radius 3 is 2.74 bits per heavy atom. The summed E-state index contributed by atoms with van der Waals surface area (Å²) in [4.78, 5) is 32.2. The monoisotopic (exact) mass is 532 g/mol. The van der Waals surface area contributed by atoms with Crippen molar-refractivity contribution in [2.24, 2.45) is 0 Å². The van der Waals surface area contributed by atoms with Crippen molar-refractivity contribution in [2.45, 2.75) is 51.7 Å². The van der Waals surface area contributed by atoms with Crippen LogP contribution in [0.4, 0.5) is 0 Å². The molecule has 2 amide bonds. The maximum Gasteiger partial charge on any atom is 0.242 e. The molecule has 0 aliphatic carbocycles. The predicted octanol–water partition coefficient (Wildman–Crippen LogP) is 5.12. The summed E-state index contributed by atoms with van der Waals surface area (Å²) in [5.41, 5.74) is 4.37. The number of amides is 2. The minimum atomic E-state index is -0.188. The van der Waals surface area contributed by atoms with E-state index in [1.165, 1.54) is 10.4 Å². The second-order valence-electron chi connectivity index (χ2n) is 10.3. The van der Waals surface area contributed by atoms with Crippen LogP contribution >= 0.6 is 11.3 Å². The molecule has 0 spiro atoms. The van der Waals surface area contributed by atoms with Gasteiger partial charge in [0, 0.05) is 24.6 Å². The van der Waals surface area contributed by atoms with Crippen molar-refractivity contribution in [1.29, 1.82) is 0 Å². The van der Waals surface area contributed by atoms with E-state index in [0.717, 1.165) is 41.7 Å². The Labute approximate surface area is 229 Å². The van der Waals surface area contributed by atoms with Crippen molar-refractivity contribution in [1.82, 2.24) is 9.80 Å². The summed E-state index contributed by atoms with van der Waals surface area (Å²) >= 11 is 1.74. The Bertz CT molecular complexity index is 1250. The number of hydrogen-bond acceptors (Lipinski definition) is 5. The zero-order chi connectivity index (χ0) is 26.5. The SMILES string of the molecule is Cc1ccc(OC[C@H]2c3ccsc3CCN2C(=O)CN(C[C@@H]2CCCO2)C(=O)Cc2ccccc2)c(C)c1. The lowest BCUT2D eigenvalue weighted by atomic mass is 10.00. The average molecular weight is 533 g/mol. The van der Waals surface area contributed by atoms with Crippen LogP contribution in [-0.2, 0) is 27.2 Å². The summed E-state index contributed by atoms with van der Waals surface area (Å²) < 4.78 is 12.1. The Balaban J connectivity index is 1.33. The third-order valence-electron chi connectivity index (χ3n) is 7.47. The van der Waals surface area contributed by atoms with Crippen LogP contribution in [0.2, 0.25) is 0 Å². The van der Waals surface area contributed by atoms with Gasteiger partial charge in [-0.1, -0.05) is 48.0 Å². The van der Waals surface area contributed by atoms with E-state index in [2.05, 4.69) is 24.4 Å². The molecule has 0 N–H and O–H groups in total. The highest BCUT2D eigenvalue weighted by molar-refractivity contribution is 7.10. The number of benzene rings is 2. The normalized spacial score (nSPS) is 18.7. The molecule has 0 bridgehead atoms. The lowest BCUT2D eigenvalue weighted by Gasteiger charge is -2.37. The number of carbonyl (C=O) groups excluding carboxylic acids is 2. The molecule has 1 saturated heterocycles. The molecule has 1 fully saturated rings. The summed E-state index contributed by atoms with van der Waals surface area (Å²) in [6.45, 7) is 6.31. The summed E-state index contributed by atoms with van der Waals surface area (Å²) in [7, 11) is 0. The highest BCUT2D eigenvalue weighted by Gasteiger charge is 2.34. The molecule has 2 aliphatic heterocycles. The number of nitrogens with zero attached hydrogens (tertiary/aromatic N) is 2. The van der Waals surface area contributed by atoms with E-state index >= 15 is 0 Å². The molecule has 1 aromatic heterocycles. The maximum absolute atomic E-state index is 13.8. The maximum atomic E-state index is 13.8. The van der Waals surface area contributed by atoms with Crippen LogP contribution < -0.4 is 4.74 Å². The van der Waals surface area contributed by atoms with Crippen molar-refractivity contribution in [2.75, 3.05) is 32.8 Å². The van der Waals surface area contributed by atoms with Crippen molar-refractivity contribution in [3.63, 3.8) is 0 Å². The highest BCUT2D eigenvalue weighted by Crippen LogP contribution is 2.34. The molecule has 2 aliphatic rings. The lowest BCUT2D eigenvalue weighted by molar-refractivity contribution is -0.143. The minimum Gasteiger partial charge on any atom is -0.491 e. The Kier molecular flexibility index (Phi) is 8.45. The van der Waals surface area contributed by atoms with Gasteiger partial charge in [0.2, 0.25) is 11.8 Å². The third-order valence-corrected chi connectivity index (χ3v) is 8.46. The summed E-state index contributed by atoms with van der Waals surface area (Å²) in [6.07, 6.45) is 2.98. The van der Waals surface area contributed by atoms with E-state index < -0.39 is 0 Å². The van der Waals surface area contributed by atoms with Gasteiger partial charge >= 0.3 is 0 Å². The van der Waals surface area contributed by atoms with Crippen LogP contribution in [0.5, 0.6) is 5.75 Å². The first-order valence-corrected chi connectivity index (χ1v) is 14.3. The van der Waals surface area contributed by atoms with Crippen LogP contribution in [0.3, 0.4) is 0 Å². The van der Waals surface area contributed by atoms with Crippen LogP contribution in [0.15, 0.2) is 60.0 Å². The van der Waals surface area contributed by atoms with Crippen molar-refractivity contribution in [3.8, 4) is 5.75 Å². The van der Waals surface area contributed by atoms with Crippen LogP contribution in [-0.4, -0.2) is 60.6 Å². The number of carbonyl (C=O) groups is 2. The predicted molar refractivity (Wildman–Crippen MR) is 150 cm³/mol. The Morgan fingerprint density at radius 2 is 1.97 bits per heavy atom. The lowest BCUT2D eigenvalue weighted by Crippen LogP contribution is -2.49. The highest BCUT2D eigenvalue weighted by atomic mass is 32.1. The van der Waals surface area contributed by atoms with Gasteiger partial charge in [-0.15, -0.1) is 11.3 Å². The van der Waals surface area contributed by atoms with Crippen LogP contribution in [0.25, 0.3) is 0 Å². The fourth-order valence-corrected chi connectivity index (χ4v) is 6.36. The molecule has 3 aromatic rings. The number of hydrogen-bond donors (Lipinski definition) is 0. The number of rotatable bonds is 9. The van der Waals surface area contributed by atoms with Gasteiger partial charge < -0.3 is 19.3 Å². The van der Waals surface area contributed by atoms with Gasteiger partial charge in [0.15, 0.2) is 0 Å². The number of thiophene rings is 1. The molecule has 38 heavy (non-hydrogen) atoms. The van der Waals surface area contributed by atoms with Gasteiger partial charge in [-0.2, -0.15) is 0 Å². The molecule has 2 atom stereocenters. The number of fused-ring (bicyclic) bond motifs is 1. The fraction of sp³-hybridized carbons (Fsp3) is 0.419. The molecule has 0 saturated carbocycles. The summed E-state index contributed by atoms with van der Waals surface area (Å²) in [5.74, 6) is 0.746. The van der Waals surface area contributed by atoms with Gasteiger partial charge in [0.1, 0.15) is 12.4 Å². The van der Waals surface area contributed by atoms with E-state index in [1.807, 2.05) is 54.3 Å². The van der Waals surface area contributed by atoms with Crippen molar-refractivity contribution < 1.29 is 19.1 Å². The number of aryl methyl sites for hydroxylation is 2. The first kappa shape index (κ1) is 26.4. The van der Waals surface area contributed by atoms with Gasteiger partial charge in [-0.25, -0.2) is 0 Å². The van der Waals surface area contributed by atoms with E-state index in [1.54, 1.807) is 16.2 Å². The molecule has 0 unspecified atom stereocenters. The van der Waals surface area contributed by atoms with Crippen molar-refractivity contribution in [3.05, 3.63) is 87.1 Å². The first-order valence-electron chi connectivity index (χ1n) is 13.5. The van der Waals surface area contributed by atoms with Gasteiger partial charge in [0.25, 0.3) is 0 Å². The Morgan fingerprint density at radius 1 is 1.13 bits per heavy atom. The third kappa shape index (κ3) is 6.27. The number of ether oxygens (including phenoxy) is 2. The van der Waals surface area contributed by atoms with Crippen molar-refractivity contribution >= 4 is 23.2 Å². The molecule has 7 heteroatoms. The largest absolute Gasteiger partial charge is 0.491 e. The Hall–Kier alpha value is -3.16. The molecule has 3 heterocycles. The minimum absolute atomic E-state index is 0.0176. The molecule has 2 aromatic carbocycles. The van der Waals surface area contributed by atoms with Crippen LogP contribution in [0.1, 0.15) is 46.0 Å². The molecular formula is C31H36N2O4S. The van der Waals surface area contributed by atoms with E-state index in [4.69, 9.17) is 9.47 Å². The van der Waals surface area contributed by atoms with E-state index in [9.17, 15) is 9.59 Å². The molecular weight excluding hydrogens is 496 g/mol. The smallest absolute Gasteiger partial charge is 0.242 e. The van der Waals surface area contributed by atoms with Gasteiger partial charge in [-0.05, 0) is 67.3 Å². The first-order chi connectivity index (χ1) is 18.5. The molecule has 200 valence electrons. The fourth-order valence-electron chi connectivity index (χ4n) is 5.43. The second kappa shape index (κ2) is 12.1. The second-order valence-corrected chi connectivity index (χ2v) is 11.3. The average Bonchev–Trinajstić information content (AvgIpc) is 3.60. The van der Waals surface area contributed by atoms with Gasteiger partial charge in [0.05, 0.1) is 25.1 Å². The topological polar surface area (TPSA) is 59.1 Å². The quantitative estimate of drug-likeness (QED) is 0.384. The summed E-state index contributed by atoms with van der Waals surface area (Å²) in [6, 6.07) is 17.8. The van der Waals surface area contributed by atoms with E-state index in [0.29, 0.717) is 26.3 Å². The van der Waals surface area contributed by atoms with Gasteiger partial charge in [-0.3, -0.25) is 9.59 Å². The zero-order valence-electron chi connectivity index (χ0n) is 22.2. The van der Waals surface area contributed by atoms with E-state index in [-0.39, 0.29) is 36.9 Å². The molecule has 5 rings (SSSR count). The standard InChI is InChI=1S/C31H36N2O4S/c1-22-10-11-28(23(2)17-22)37-21-27-26-13-16-38-29(26)12-14-33(27)31(35)20-32(19-25-9-6-15-36-25)30(34)18-24-7-4-3-5-8-24/h3-5,7-8,10-11,13,16-17,25,27H,6,9,12,14-15,18-21H2,1-2H3/t25-,27-/m0/s1. The molecule has 0 radical (unpaired) electrons. The molecule has 6 nitrogen and oxygen atoms in total.